The van der Waals surface area contributed by atoms with Crippen LogP contribution in [0, 0.1) is 5.92 Å². The van der Waals surface area contributed by atoms with E-state index < -0.39 is 5.97 Å². The van der Waals surface area contributed by atoms with E-state index in [0.29, 0.717) is 5.92 Å². The van der Waals surface area contributed by atoms with Gasteiger partial charge in [0, 0.05) is 18.2 Å². The normalized spacial score (nSPS) is 26.5. The predicted octanol–water partition coefficient (Wildman–Crippen LogP) is 1.32. The average Bonchev–Trinajstić information content (AvgIpc) is 2.18. The lowest BCUT2D eigenvalue weighted by Crippen LogP contribution is -2.40. The Balaban J connectivity index is 2.39. The smallest absolute Gasteiger partial charge is 0.328 e. The molecule has 0 heterocycles. The maximum absolute atomic E-state index is 11.3. The fourth-order valence-corrected chi connectivity index (χ4v) is 1.91. The predicted molar refractivity (Wildman–Crippen MR) is 56.3 cm³/mol. The molecule has 1 aliphatic rings. The molecule has 1 amide bonds. The first kappa shape index (κ1) is 11.8. The van der Waals surface area contributed by atoms with Crippen LogP contribution in [0.25, 0.3) is 0 Å². The summed E-state index contributed by atoms with van der Waals surface area (Å²) in [5.41, 5.74) is 0. The van der Waals surface area contributed by atoms with Gasteiger partial charge in [-0.2, -0.15) is 0 Å². The van der Waals surface area contributed by atoms with E-state index in [9.17, 15) is 9.59 Å². The number of carboxylic acid groups (broad SMARTS) is 1. The van der Waals surface area contributed by atoms with Gasteiger partial charge >= 0.3 is 5.97 Å². The maximum Gasteiger partial charge on any atom is 0.328 e. The van der Waals surface area contributed by atoms with Gasteiger partial charge in [-0.15, -0.1) is 0 Å². The van der Waals surface area contributed by atoms with Crippen molar-refractivity contribution >= 4 is 11.9 Å². The van der Waals surface area contributed by atoms with Gasteiger partial charge in [-0.3, -0.25) is 4.79 Å². The van der Waals surface area contributed by atoms with Crippen molar-refractivity contribution < 1.29 is 14.7 Å². The molecule has 0 aromatic heterocycles. The summed E-state index contributed by atoms with van der Waals surface area (Å²) in [5, 5.41) is 11.2. The minimum atomic E-state index is -1.10. The third kappa shape index (κ3) is 4.14. The number of hydrogen-bond donors (Lipinski definition) is 2. The third-order valence-electron chi connectivity index (χ3n) is 2.82. The van der Waals surface area contributed by atoms with E-state index in [0.717, 1.165) is 31.4 Å². The van der Waals surface area contributed by atoms with Crippen LogP contribution < -0.4 is 5.32 Å². The van der Waals surface area contributed by atoms with Crippen molar-refractivity contribution in [2.24, 2.45) is 5.92 Å². The summed E-state index contributed by atoms with van der Waals surface area (Å²) in [5.74, 6) is -0.918. The van der Waals surface area contributed by atoms with Gasteiger partial charge in [-0.1, -0.05) is 19.8 Å². The Bertz CT molecular complexity index is 273. The molecule has 1 aliphatic carbocycles. The molecule has 2 unspecified atom stereocenters. The van der Waals surface area contributed by atoms with Gasteiger partial charge in [-0.05, 0) is 18.8 Å². The van der Waals surface area contributed by atoms with Crippen molar-refractivity contribution in [1.29, 1.82) is 0 Å². The molecule has 4 nitrogen and oxygen atoms in total. The highest BCUT2D eigenvalue weighted by atomic mass is 16.4. The number of carbonyl (C=O) groups is 2. The standard InChI is InChI=1S/C11H17NO3/c1-8-4-2-3-5-9(8)12-10(13)6-7-11(14)15/h6-9H,2-5H2,1H3,(H,12,13)(H,14,15)/b7-6-. The minimum Gasteiger partial charge on any atom is -0.478 e. The molecule has 84 valence electrons. The Morgan fingerprint density at radius 3 is 2.53 bits per heavy atom. The van der Waals surface area contributed by atoms with Gasteiger partial charge in [0.25, 0.3) is 0 Å². The van der Waals surface area contributed by atoms with Gasteiger partial charge in [0.15, 0.2) is 0 Å². The zero-order valence-corrected chi connectivity index (χ0v) is 8.90. The Labute approximate surface area is 89.4 Å². The largest absolute Gasteiger partial charge is 0.478 e. The highest BCUT2D eigenvalue weighted by Crippen LogP contribution is 2.23. The van der Waals surface area contributed by atoms with E-state index in [1.165, 1.54) is 6.42 Å². The molecule has 1 fully saturated rings. The lowest BCUT2D eigenvalue weighted by molar-refractivity contribution is -0.131. The van der Waals surface area contributed by atoms with Crippen LogP contribution in [0.3, 0.4) is 0 Å². The molecule has 0 aromatic rings. The van der Waals surface area contributed by atoms with Gasteiger partial charge in [0.2, 0.25) is 5.91 Å². The van der Waals surface area contributed by atoms with Crippen molar-refractivity contribution in [3.05, 3.63) is 12.2 Å². The van der Waals surface area contributed by atoms with Crippen molar-refractivity contribution in [3.63, 3.8) is 0 Å². The molecule has 15 heavy (non-hydrogen) atoms. The van der Waals surface area contributed by atoms with Crippen LogP contribution in [0.1, 0.15) is 32.6 Å². The first-order valence-electron chi connectivity index (χ1n) is 5.31. The van der Waals surface area contributed by atoms with Gasteiger partial charge in [0.05, 0.1) is 0 Å². The summed E-state index contributed by atoms with van der Waals surface area (Å²) in [7, 11) is 0. The molecule has 2 N–H and O–H groups in total. The second-order valence-electron chi connectivity index (χ2n) is 4.05. The molecular formula is C11H17NO3. The number of carbonyl (C=O) groups excluding carboxylic acids is 1. The average molecular weight is 211 g/mol. The quantitative estimate of drug-likeness (QED) is 0.692. The summed E-state index contributed by atoms with van der Waals surface area (Å²) >= 11 is 0. The van der Waals surface area contributed by atoms with Gasteiger partial charge < -0.3 is 10.4 Å². The van der Waals surface area contributed by atoms with Crippen molar-refractivity contribution in [2.45, 2.75) is 38.6 Å². The molecule has 2 atom stereocenters. The molecule has 0 radical (unpaired) electrons. The van der Waals surface area contributed by atoms with Crippen LogP contribution in [0.15, 0.2) is 12.2 Å². The van der Waals surface area contributed by atoms with Crippen molar-refractivity contribution in [3.8, 4) is 0 Å². The molecule has 0 spiro atoms. The summed E-state index contributed by atoms with van der Waals surface area (Å²) in [4.78, 5) is 21.5. The zero-order valence-electron chi connectivity index (χ0n) is 8.90. The molecular weight excluding hydrogens is 194 g/mol. The summed E-state index contributed by atoms with van der Waals surface area (Å²) < 4.78 is 0. The number of nitrogens with one attached hydrogen (secondary N) is 1. The van der Waals surface area contributed by atoms with Gasteiger partial charge in [-0.25, -0.2) is 4.79 Å². The second kappa shape index (κ2) is 5.53. The Kier molecular flexibility index (Phi) is 4.34. The van der Waals surface area contributed by atoms with Crippen molar-refractivity contribution in [1.82, 2.24) is 5.32 Å². The SMILES string of the molecule is CC1CCCCC1NC(=O)/C=C\C(=O)O. The number of amides is 1. The Morgan fingerprint density at radius 1 is 1.27 bits per heavy atom. The second-order valence-corrected chi connectivity index (χ2v) is 4.05. The number of carboxylic acids is 1. The number of aliphatic carboxylic acids is 1. The van der Waals surface area contributed by atoms with Gasteiger partial charge in [0.1, 0.15) is 0 Å². The zero-order chi connectivity index (χ0) is 11.3. The number of rotatable bonds is 3. The van der Waals surface area contributed by atoms with Crippen LogP contribution >= 0.6 is 0 Å². The molecule has 0 saturated heterocycles. The molecule has 0 aliphatic heterocycles. The lowest BCUT2D eigenvalue weighted by atomic mass is 9.86. The van der Waals surface area contributed by atoms with Crippen LogP contribution in [0.4, 0.5) is 0 Å². The first-order valence-corrected chi connectivity index (χ1v) is 5.31. The fraction of sp³-hybridized carbons (Fsp3) is 0.636. The molecule has 0 aromatic carbocycles. The molecule has 1 saturated carbocycles. The first-order chi connectivity index (χ1) is 7.09. The fourth-order valence-electron chi connectivity index (χ4n) is 1.91. The van der Waals surface area contributed by atoms with Crippen molar-refractivity contribution in [2.75, 3.05) is 0 Å². The van der Waals surface area contributed by atoms with E-state index in [2.05, 4.69) is 12.2 Å². The minimum absolute atomic E-state index is 0.199. The van der Waals surface area contributed by atoms with Crippen LogP contribution in [0.5, 0.6) is 0 Å². The Morgan fingerprint density at radius 2 is 1.93 bits per heavy atom. The highest BCUT2D eigenvalue weighted by Gasteiger charge is 2.21. The Hall–Kier alpha value is -1.32. The topological polar surface area (TPSA) is 66.4 Å². The molecule has 0 bridgehead atoms. The van der Waals surface area contributed by atoms with E-state index in [1.54, 1.807) is 0 Å². The summed E-state index contributed by atoms with van der Waals surface area (Å²) in [6.45, 7) is 2.12. The highest BCUT2D eigenvalue weighted by molar-refractivity contribution is 5.93. The summed E-state index contributed by atoms with van der Waals surface area (Å²) in [6, 6.07) is 0.199. The van der Waals surface area contributed by atoms with E-state index in [4.69, 9.17) is 5.11 Å². The molecule has 4 heteroatoms. The summed E-state index contributed by atoms with van der Waals surface area (Å²) in [6.07, 6.45) is 6.42. The van der Waals surface area contributed by atoms with Crippen LogP contribution in [-0.4, -0.2) is 23.0 Å². The molecule has 1 rings (SSSR count). The van der Waals surface area contributed by atoms with E-state index in [-0.39, 0.29) is 11.9 Å². The maximum atomic E-state index is 11.3. The monoisotopic (exact) mass is 211 g/mol. The third-order valence-corrected chi connectivity index (χ3v) is 2.82. The van der Waals surface area contributed by atoms with Crippen LogP contribution in [0.2, 0.25) is 0 Å². The van der Waals surface area contributed by atoms with E-state index in [1.807, 2.05) is 0 Å². The number of hydrogen-bond acceptors (Lipinski definition) is 2. The van der Waals surface area contributed by atoms with E-state index >= 15 is 0 Å². The van der Waals surface area contributed by atoms with Crippen LogP contribution in [-0.2, 0) is 9.59 Å². The lowest BCUT2D eigenvalue weighted by Gasteiger charge is -2.28.